The topological polar surface area (TPSA) is 29.9 Å². The number of imidazole rings is 1. The Morgan fingerprint density at radius 2 is 2.00 bits per heavy atom. The first-order valence-electron chi connectivity index (χ1n) is 8.40. The first-order chi connectivity index (χ1) is 10.3. The molecule has 1 saturated heterocycles. The van der Waals surface area contributed by atoms with E-state index in [1.165, 1.54) is 24.4 Å². The van der Waals surface area contributed by atoms with Crippen molar-refractivity contribution in [1.29, 1.82) is 0 Å². The first kappa shape index (κ1) is 14.6. The van der Waals surface area contributed by atoms with Gasteiger partial charge in [-0.05, 0) is 44.2 Å². The average molecular weight is 285 g/mol. The van der Waals surface area contributed by atoms with Crippen molar-refractivity contribution in [1.82, 2.24) is 14.9 Å². The molecule has 0 radical (unpaired) electrons. The lowest BCUT2D eigenvalue weighted by Gasteiger charge is -2.25. The molecule has 0 bridgehead atoms. The van der Waals surface area contributed by atoms with E-state index in [2.05, 4.69) is 54.2 Å². The van der Waals surface area contributed by atoms with Crippen LogP contribution in [0.2, 0.25) is 0 Å². The van der Waals surface area contributed by atoms with E-state index >= 15 is 0 Å². The lowest BCUT2D eigenvalue weighted by atomic mass is 9.87. The van der Waals surface area contributed by atoms with Gasteiger partial charge in [-0.15, -0.1) is 0 Å². The van der Waals surface area contributed by atoms with Crippen LogP contribution in [0.3, 0.4) is 0 Å². The van der Waals surface area contributed by atoms with Crippen LogP contribution in [-0.2, 0) is 12.8 Å². The van der Waals surface area contributed by atoms with E-state index in [1.807, 2.05) is 0 Å². The fourth-order valence-electron chi connectivity index (χ4n) is 3.51. The van der Waals surface area contributed by atoms with Gasteiger partial charge >= 0.3 is 0 Å². The molecule has 3 nitrogen and oxygen atoms in total. The van der Waals surface area contributed by atoms with Crippen LogP contribution in [0.4, 0.5) is 0 Å². The molecule has 0 saturated carbocycles. The van der Waals surface area contributed by atoms with Crippen LogP contribution in [0.1, 0.15) is 44.2 Å². The molecule has 2 heterocycles. The van der Waals surface area contributed by atoms with Gasteiger partial charge in [0.05, 0.1) is 5.69 Å². The number of nitrogens with one attached hydrogen (secondary N) is 1. The summed E-state index contributed by atoms with van der Waals surface area (Å²) < 4.78 is 2.46. The number of nitrogens with zero attached hydrogens (tertiary/aromatic N) is 2. The Morgan fingerprint density at radius 3 is 2.71 bits per heavy atom. The normalized spacial score (nSPS) is 26.4. The number of hydrogen-bond donors (Lipinski definition) is 1. The highest BCUT2D eigenvalue weighted by molar-refractivity contribution is 5.17. The zero-order valence-electron chi connectivity index (χ0n) is 13.3. The molecule has 3 rings (SSSR count). The van der Waals surface area contributed by atoms with Gasteiger partial charge in [-0.25, -0.2) is 4.98 Å². The van der Waals surface area contributed by atoms with Gasteiger partial charge in [0.15, 0.2) is 0 Å². The van der Waals surface area contributed by atoms with Gasteiger partial charge in [0.1, 0.15) is 5.82 Å². The molecular weight excluding hydrogens is 258 g/mol. The molecule has 1 fully saturated rings. The van der Waals surface area contributed by atoms with Crippen LogP contribution in [0.15, 0.2) is 30.5 Å². The molecule has 114 valence electrons. The number of hydrogen-bond acceptors (Lipinski definition) is 2. The van der Waals surface area contributed by atoms with E-state index in [4.69, 9.17) is 4.98 Å². The third-order valence-electron chi connectivity index (χ3n) is 4.88. The van der Waals surface area contributed by atoms with Crippen LogP contribution in [-0.4, -0.2) is 22.6 Å². The van der Waals surface area contributed by atoms with Crippen LogP contribution >= 0.6 is 0 Å². The molecule has 0 aromatic carbocycles. The third-order valence-corrected chi connectivity index (χ3v) is 4.88. The number of rotatable bonds is 4. The second-order valence-corrected chi connectivity index (χ2v) is 6.39. The Kier molecular flexibility index (Phi) is 4.59. The van der Waals surface area contributed by atoms with Gasteiger partial charge in [0.2, 0.25) is 0 Å². The quantitative estimate of drug-likeness (QED) is 0.920. The van der Waals surface area contributed by atoms with Crippen LogP contribution in [0, 0.1) is 11.8 Å². The summed E-state index contributed by atoms with van der Waals surface area (Å²) in [7, 11) is 0. The van der Waals surface area contributed by atoms with Crippen molar-refractivity contribution < 1.29 is 0 Å². The molecule has 0 spiro atoms. The van der Waals surface area contributed by atoms with Gasteiger partial charge in [-0.2, -0.15) is 0 Å². The lowest BCUT2D eigenvalue weighted by Crippen LogP contribution is -2.29. The fourth-order valence-corrected chi connectivity index (χ4v) is 3.51. The predicted octanol–water partition coefficient (Wildman–Crippen LogP) is 3.29. The Hall–Kier alpha value is -1.35. The number of piperidine rings is 1. The van der Waals surface area contributed by atoms with Gasteiger partial charge in [-0.3, -0.25) is 0 Å². The Balaban J connectivity index is 1.75. The van der Waals surface area contributed by atoms with Crippen molar-refractivity contribution in [3.63, 3.8) is 0 Å². The maximum absolute atomic E-state index is 4.92. The Morgan fingerprint density at radius 1 is 1.24 bits per heavy atom. The van der Waals surface area contributed by atoms with E-state index in [1.54, 1.807) is 0 Å². The molecule has 2 unspecified atom stereocenters. The maximum Gasteiger partial charge on any atom is 0.108 e. The first-order valence-corrected chi connectivity index (χ1v) is 8.40. The number of aromatic nitrogens is 2. The van der Waals surface area contributed by atoms with E-state index in [0.29, 0.717) is 17.9 Å². The van der Waals surface area contributed by atoms with E-state index in [9.17, 15) is 0 Å². The molecule has 2 atom stereocenters. The van der Waals surface area contributed by atoms with Gasteiger partial charge in [-0.1, -0.05) is 38.2 Å². The summed E-state index contributed by atoms with van der Waals surface area (Å²) in [6, 6.07) is 0.640. The molecular formula is C18H27N3. The molecule has 3 heteroatoms. The summed E-state index contributed by atoms with van der Waals surface area (Å²) in [6.07, 6.45) is 15.8. The van der Waals surface area contributed by atoms with E-state index in [-0.39, 0.29) is 0 Å². The fraction of sp³-hybridized carbons (Fsp3) is 0.611. The lowest BCUT2D eigenvalue weighted by molar-refractivity contribution is 0.360. The summed E-state index contributed by atoms with van der Waals surface area (Å²) in [5.74, 6) is 2.47. The zero-order valence-corrected chi connectivity index (χ0v) is 13.3. The van der Waals surface area contributed by atoms with E-state index in [0.717, 1.165) is 25.9 Å². The highest BCUT2D eigenvalue weighted by Gasteiger charge is 2.21. The van der Waals surface area contributed by atoms with Gasteiger partial charge in [0.25, 0.3) is 0 Å². The molecule has 1 aliphatic heterocycles. The molecule has 0 amide bonds. The highest BCUT2D eigenvalue weighted by Crippen LogP contribution is 2.26. The largest absolute Gasteiger partial charge is 0.331 e. The SMILES string of the molecule is CCc1nc(CC2C=CC=CC2C)cn1C1CCNCC1. The van der Waals surface area contributed by atoms with Crippen molar-refractivity contribution in [2.24, 2.45) is 11.8 Å². The minimum Gasteiger partial charge on any atom is -0.331 e. The summed E-state index contributed by atoms with van der Waals surface area (Å²) in [6.45, 7) is 6.79. The highest BCUT2D eigenvalue weighted by atomic mass is 15.1. The summed E-state index contributed by atoms with van der Waals surface area (Å²) in [5.41, 5.74) is 1.27. The van der Waals surface area contributed by atoms with E-state index < -0.39 is 0 Å². The summed E-state index contributed by atoms with van der Waals surface area (Å²) in [5, 5.41) is 3.45. The molecule has 1 aliphatic carbocycles. The Bertz CT molecular complexity index is 521. The van der Waals surface area contributed by atoms with Crippen molar-refractivity contribution in [2.75, 3.05) is 13.1 Å². The monoisotopic (exact) mass is 285 g/mol. The van der Waals surface area contributed by atoms with Crippen LogP contribution in [0.25, 0.3) is 0 Å². The number of allylic oxidation sites excluding steroid dienone is 4. The number of aryl methyl sites for hydroxylation is 1. The second kappa shape index (κ2) is 6.61. The zero-order chi connectivity index (χ0) is 14.7. The molecule has 21 heavy (non-hydrogen) atoms. The van der Waals surface area contributed by atoms with Crippen LogP contribution in [0.5, 0.6) is 0 Å². The average Bonchev–Trinajstić information content (AvgIpc) is 2.93. The molecule has 1 N–H and O–H groups in total. The van der Waals surface area contributed by atoms with Crippen LogP contribution < -0.4 is 5.32 Å². The molecule has 2 aliphatic rings. The third kappa shape index (κ3) is 3.29. The van der Waals surface area contributed by atoms with Gasteiger partial charge < -0.3 is 9.88 Å². The second-order valence-electron chi connectivity index (χ2n) is 6.39. The minimum atomic E-state index is 0.594. The summed E-state index contributed by atoms with van der Waals surface area (Å²) >= 11 is 0. The molecule has 1 aromatic heterocycles. The van der Waals surface area contributed by atoms with Crippen molar-refractivity contribution in [2.45, 2.75) is 45.6 Å². The van der Waals surface area contributed by atoms with Crippen molar-refractivity contribution in [3.05, 3.63) is 42.0 Å². The van der Waals surface area contributed by atoms with Gasteiger partial charge in [0, 0.05) is 18.7 Å². The standard InChI is InChI=1S/C18H27N3/c1-3-18-20-16(12-15-7-5-4-6-14(15)2)13-21(18)17-8-10-19-11-9-17/h4-7,13-15,17,19H,3,8-12H2,1-2H3. The van der Waals surface area contributed by atoms with Crippen molar-refractivity contribution in [3.8, 4) is 0 Å². The minimum absolute atomic E-state index is 0.594. The summed E-state index contributed by atoms with van der Waals surface area (Å²) in [4.78, 5) is 4.92. The predicted molar refractivity (Wildman–Crippen MR) is 87.4 cm³/mol. The Labute approximate surface area is 128 Å². The maximum atomic E-state index is 4.92. The smallest absolute Gasteiger partial charge is 0.108 e. The molecule has 1 aromatic rings. The van der Waals surface area contributed by atoms with Crippen molar-refractivity contribution >= 4 is 0 Å².